The Bertz CT molecular complexity index is 955. The summed E-state index contributed by atoms with van der Waals surface area (Å²) in [5, 5.41) is 20.8. The lowest BCUT2D eigenvalue weighted by Gasteiger charge is -2.38. The summed E-state index contributed by atoms with van der Waals surface area (Å²) >= 11 is 0. The van der Waals surface area contributed by atoms with Crippen LogP contribution >= 0.6 is 0 Å². The Balaban J connectivity index is 1.94. The topological polar surface area (TPSA) is 102 Å². The maximum Gasteiger partial charge on any atom is 0.433 e. The molecule has 2 heterocycles. The van der Waals surface area contributed by atoms with Crippen molar-refractivity contribution in [2.24, 2.45) is 0 Å². The van der Waals surface area contributed by atoms with Crippen molar-refractivity contribution in [3.63, 3.8) is 0 Å². The highest BCUT2D eigenvalue weighted by molar-refractivity contribution is 5.72. The number of halogens is 3. The lowest BCUT2D eigenvalue weighted by atomic mass is 10.0. The van der Waals surface area contributed by atoms with E-state index < -0.39 is 17.8 Å². The standard InChI is InChI=1S/C18H16F3N5O2/c1-10-4-5-26(10)17-24-14(18(19,20)21)8-15(25-17)23-13-3-2-11(7-16(27)28)12(6-13)9-22/h2-3,6,8,10H,4-5,7H2,1H3,(H,27,28)(H,23,24,25)/t10-/m0/s1. The highest BCUT2D eigenvalue weighted by Crippen LogP contribution is 2.33. The van der Waals surface area contributed by atoms with E-state index in [1.165, 1.54) is 18.2 Å². The number of alkyl halides is 3. The summed E-state index contributed by atoms with van der Waals surface area (Å²) in [5.41, 5.74) is -0.314. The molecule has 2 N–H and O–H groups in total. The number of nitrogens with zero attached hydrogens (tertiary/aromatic N) is 4. The van der Waals surface area contributed by atoms with Crippen LogP contribution in [0.5, 0.6) is 0 Å². The molecule has 0 saturated carbocycles. The Hall–Kier alpha value is -3.35. The molecule has 0 aliphatic carbocycles. The zero-order valence-electron chi connectivity index (χ0n) is 14.8. The quantitative estimate of drug-likeness (QED) is 0.806. The van der Waals surface area contributed by atoms with E-state index >= 15 is 0 Å². The molecule has 0 spiro atoms. The molecule has 1 aliphatic heterocycles. The maximum atomic E-state index is 13.2. The van der Waals surface area contributed by atoms with Crippen LogP contribution in [0.3, 0.4) is 0 Å². The molecule has 2 aromatic rings. The molecule has 28 heavy (non-hydrogen) atoms. The molecule has 1 aromatic heterocycles. The highest BCUT2D eigenvalue weighted by Gasteiger charge is 2.35. The van der Waals surface area contributed by atoms with Crippen molar-refractivity contribution in [2.45, 2.75) is 32.0 Å². The van der Waals surface area contributed by atoms with E-state index in [4.69, 9.17) is 5.11 Å². The molecular formula is C18H16F3N5O2. The van der Waals surface area contributed by atoms with Crippen molar-refractivity contribution in [1.29, 1.82) is 5.26 Å². The normalized spacial score (nSPS) is 16.2. The molecule has 0 bridgehead atoms. The lowest BCUT2D eigenvalue weighted by Crippen LogP contribution is -2.46. The van der Waals surface area contributed by atoms with Gasteiger partial charge in [0, 0.05) is 24.3 Å². The molecule has 1 aromatic carbocycles. The second-order valence-corrected chi connectivity index (χ2v) is 6.45. The first-order chi connectivity index (χ1) is 13.2. The molecule has 1 atom stereocenters. The predicted molar refractivity (Wildman–Crippen MR) is 94.2 cm³/mol. The molecule has 0 radical (unpaired) electrons. The van der Waals surface area contributed by atoms with E-state index in [0.29, 0.717) is 17.8 Å². The first-order valence-electron chi connectivity index (χ1n) is 8.42. The smallest absolute Gasteiger partial charge is 0.433 e. The van der Waals surface area contributed by atoms with Crippen LogP contribution in [-0.4, -0.2) is 33.6 Å². The second-order valence-electron chi connectivity index (χ2n) is 6.45. The van der Waals surface area contributed by atoms with Gasteiger partial charge in [0.25, 0.3) is 0 Å². The van der Waals surface area contributed by atoms with Gasteiger partial charge in [-0.25, -0.2) is 4.98 Å². The van der Waals surface area contributed by atoms with Gasteiger partial charge in [0.15, 0.2) is 5.69 Å². The van der Waals surface area contributed by atoms with Crippen LogP contribution in [0.2, 0.25) is 0 Å². The third kappa shape index (κ3) is 4.14. The Morgan fingerprint density at radius 2 is 2.14 bits per heavy atom. The van der Waals surface area contributed by atoms with E-state index in [-0.39, 0.29) is 29.8 Å². The van der Waals surface area contributed by atoms with E-state index in [2.05, 4.69) is 15.3 Å². The van der Waals surface area contributed by atoms with Gasteiger partial charge in [0.2, 0.25) is 5.95 Å². The van der Waals surface area contributed by atoms with Crippen LogP contribution < -0.4 is 10.2 Å². The number of anilines is 3. The number of carboxylic acids is 1. The average molecular weight is 391 g/mol. The van der Waals surface area contributed by atoms with Gasteiger partial charge in [-0.1, -0.05) is 6.07 Å². The minimum absolute atomic E-state index is 0.0147. The van der Waals surface area contributed by atoms with Gasteiger partial charge in [0.1, 0.15) is 5.82 Å². The van der Waals surface area contributed by atoms with Gasteiger partial charge < -0.3 is 15.3 Å². The molecule has 7 nitrogen and oxygen atoms in total. The fraction of sp³-hybridized carbons (Fsp3) is 0.333. The first kappa shape index (κ1) is 19.4. The largest absolute Gasteiger partial charge is 0.481 e. The first-order valence-corrected chi connectivity index (χ1v) is 8.42. The summed E-state index contributed by atoms with van der Waals surface area (Å²) in [6.07, 6.45) is -4.11. The van der Waals surface area contributed by atoms with Crippen LogP contribution in [0.1, 0.15) is 30.2 Å². The van der Waals surface area contributed by atoms with Crippen molar-refractivity contribution >= 4 is 23.4 Å². The summed E-state index contributed by atoms with van der Waals surface area (Å²) in [4.78, 5) is 20.3. The van der Waals surface area contributed by atoms with Crippen molar-refractivity contribution in [3.8, 4) is 6.07 Å². The number of nitrogens with one attached hydrogen (secondary N) is 1. The number of aromatic nitrogens is 2. The zero-order chi connectivity index (χ0) is 20.5. The minimum Gasteiger partial charge on any atom is -0.481 e. The number of benzene rings is 1. The Labute approximate surface area is 158 Å². The lowest BCUT2D eigenvalue weighted by molar-refractivity contribution is -0.141. The van der Waals surface area contributed by atoms with E-state index in [1.54, 1.807) is 4.90 Å². The number of rotatable bonds is 5. The van der Waals surface area contributed by atoms with Crippen LogP contribution in [0.4, 0.5) is 30.6 Å². The van der Waals surface area contributed by atoms with E-state index in [1.807, 2.05) is 13.0 Å². The molecular weight excluding hydrogens is 375 g/mol. The predicted octanol–water partition coefficient (Wildman–Crippen LogP) is 3.34. The van der Waals surface area contributed by atoms with Crippen LogP contribution in [-0.2, 0) is 17.4 Å². The Morgan fingerprint density at radius 1 is 1.39 bits per heavy atom. The number of aliphatic carboxylic acids is 1. The van der Waals surface area contributed by atoms with Gasteiger partial charge in [0.05, 0.1) is 18.1 Å². The van der Waals surface area contributed by atoms with E-state index in [9.17, 15) is 23.2 Å². The third-order valence-electron chi connectivity index (χ3n) is 4.43. The Kier molecular flexibility index (Phi) is 5.09. The van der Waals surface area contributed by atoms with Gasteiger partial charge in [-0.2, -0.15) is 23.4 Å². The van der Waals surface area contributed by atoms with Gasteiger partial charge in [-0.15, -0.1) is 0 Å². The van der Waals surface area contributed by atoms with Crippen molar-refractivity contribution < 1.29 is 23.1 Å². The summed E-state index contributed by atoms with van der Waals surface area (Å²) < 4.78 is 39.7. The molecule has 0 unspecified atom stereocenters. The highest BCUT2D eigenvalue weighted by atomic mass is 19.4. The Morgan fingerprint density at radius 3 is 2.68 bits per heavy atom. The maximum absolute atomic E-state index is 13.2. The SMILES string of the molecule is C[C@H]1CCN1c1nc(Nc2ccc(CC(=O)O)c(C#N)c2)cc(C(F)(F)F)n1. The molecule has 1 fully saturated rings. The van der Waals surface area contributed by atoms with Gasteiger partial charge >= 0.3 is 12.1 Å². The summed E-state index contributed by atoms with van der Waals surface area (Å²) in [6, 6.07) is 7.05. The molecule has 10 heteroatoms. The number of hydrogen-bond donors (Lipinski definition) is 2. The number of nitriles is 1. The summed E-state index contributed by atoms with van der Waals surface area (Å²) in [6.45, 7) is 2.45. The van der Waals surface area contributed by atoms with Gasteiger partial charge in [-0.05, 0) is 31.0 Å². The molecule has 0 amide bonds. The van der Waals surface area contributed by atoms with E-state index in [0.717, 1.165) is 12.5 Å². The number of carbonyl (C=O) groups is 1. The second kappa shape index (κ2) is 7.34. The van der Waals surface area contributed by atoms with Crippen LogP contribution in [0.25, 0.3) is 0 Å². The molecule has 1 saturated heterocycles. The summed E-state index contributed by atoms with van der Waals surface area (Å²) in [5.74, 6) is -1.17. The van der Waals surface area contributed by atoms with Crippen LogP contribution in [0.15, 0.2) is 24.3 Å². The number of hydrogen-bond acceptors (Lipinski definition) is 6. The fourth-order valence-electron chi connectivity index (χ4n) is 2.81. The van der Waals surface area contributed by atoms with Crippen LogP contribution in [0, 0.1) is 11.3 Å². The number of carboxylic acid groups (broad SMARTS) is 1. The molecule has 1 aliphatic rings. The molecule has 146 valence electrons. The zero-order valence-corrected chi connectivity index (χ0v) is 14.8. The monoisotopic (exact) mass is 391 g/mol. The van der Waals surface area contributed by atoms with Gasteiger partial charge in [-0.3, -0.25) is 4.79 Å². The fourth-order valence-corrected chi connectivity index (χ4v) is 2.81. The average Bonchev–Trinajstić information content (AvgIpc) is 2.60. The third-order valence-corrected chi connectivity index (χ3v) is 4.43. The van der Waals surface area contributed by atoms with Crippen molar-refractivity contribution in [3.05, 3.63) is 41.1 Å². The van der Waals surface area contributed by atoms with Crippen molar-refractivity contribution in [2.75, 3.05) is 16.8 Å². The summed E-state index contributed by atoms with van der Waals surface area (Å²) in [7, 11) is 0. The minimum atomic E-state index is -4.63. The van der Waals surface area contributed by atoms with Crippen molar-refractivity contribution in [1.82, 2.24) is 9.97 Å². The molecule has 3 rings (SSSR count).